The summed E-state index contributed by atoms with van der Waals surface area (Å²) < 4.78 is 5.05. The Morgan fingerprint density at radius 2 is 1.61 bits per heavy atom. The summed E-state index contributed by atoms with van der Waals surface area (Å²) in [5.41, 5.74) is 0.646. The van der Waals surface area contributed by atoms with Crippen LogP contribution in [0.3, 0.4) is 0 Å². The third-order valence-corrected chi connectivity index (χ3v) is 5.87. The molecule has 0 fully saturated rings. The van der Waals surface area contributed by atoms with Gasteiger partial charge in [0.15, 0.2) is 12.4 Å². The minimum atomic E-state index is -0.625. The number of esters is 1. The summed E-state index contributed by atoms with van der Waals surface area (Å²) in [6.07, 6.45) is 0. The second kappa shape index (κ2) is 9.34. The molecule has 0 aliphatic rings. The van der Waals surface area contributed by atoms with Gasteiger partial charge in [-0.15, -0.1) is 11.3 Å². The van der Waals surface area contributed by atoms with Crippen LogP contribution < -0.4 is 5.32 Å². The van der Waals surface area contributed by atoms with Crippen LogP contribution in [0, 0.1) is 0 Å². The first kappa shape index (κ1) is 19.9. The number of ether oxygens (including phenoxy) is 1. The maximum Gasteiger partial charge on any atom is 0.348 e. The molecule has 1 amide bonds. The smallest absolute Gasteiger partial charge is 0.348 e. The molecule has 1 N–H and O–H groups in total. The molecule has 0 radical (unpaired) electrons. The van der Waals surface area contributed by atoms with Crippen LogP contribution in [-0.2, 0) is 9.53 Å². The van der Waals surface area contributed by atoms with Crippen molar-refractivity contribution >= 4 is 46.4 Å². The van der Waals surface area contributed by atoms with Crippen molar-refractivity contribution in [3.63, 3.8) is 0 Å². The summed E-state index contributed by atoms with van der Waals surface area (Å²) in [7, 11) is 0. The van der Waals surface area contributed by atoms with E-state index in [-0.39, 0.29) is 10.7 Å². The fourth-order valence-electron chi connectivity index (χ4n) is 2.30. The second-order valence-electron chi connectivity index (χ2n) is 5.76. The third kappa shape index (κ3) is 5.31. The van der Waals surface area contributed by atoms with E-state index in [1.165, 1.54) is 24.8 Å². The number of para-hydroxylation sites is 1. The van der Waals surface area contributed by atoms with Gasteiger partial charge in [0.2, 0.25) is 0 Å². The molecule has 0 spiro atoms. The molecule has 0 saturated heterocycles. The average molecular weight is 412 g/mol. The standard InChI is InChI=1S/C21H17NO4S2/c1-14(23)17-11-12-19(28-17)21(25)26-13-20(24)22-16-9-5-6-10-18(16)27-15-7-3-2-4-8-15/h2-12H,13H2,1H3,(H,22,24). The van der Waals surface area contributed by atoms with Gasteiger partial charge in [0.05, 0.1) is 10.6 Å². The predicted molar refractivity (Wildman–Crippen MR) is 110 cm³/mol. The molecular formula is C21H17NO4S2. The number of thiophene rings is 1. The Bertz CT molecular complexity index is 998. The summed E-state index contributed by atoms with van der Waals surface area (Å²) in [6, 6.07) is 20.3. The topological polar surface area (TPSA) is 72.5 Å². The molecule has 1 heterocycles. The zero-order valence-corrected chi connectivity index (χ0v) is 16.6. The van der Waals surface area contributed by atoms with Crippen LogP contribution in [0.5, 0.6) is 0 Å². The summed E-state index contributed by atoms with van der Waals surface area (Å²) in [6.45, 7) is 1.02. The number of nitrogens with one attached hydrogen (secondary N) is 1. The number of carbonyl (C=O) groups is 3. The van der Waals surface area contributed by atoms with Crippen molar-refractivity contribution in [3.05, 3.63) is 76.5 Å². The first-order valence-electron chi connectivity index (χ1n) is 8.42. The van der Waals surface area contributed by atoms with Crippen molar-refractivity contribution in [1.82, 2.24) is 0 Å². The zero-order valence-electron chi connectivity index (χ0n) is 15.0. The van der Waals surface area contributed by atoms with E-state index in [0.717, 1.165) is 21.1 Å². The second-order valence-corrected chi connectivity index (χ2v) is 7.95. The van der Waals surface area contributed by atoms with Crippen molar-refractivity contribution in [2.75, 3.05) is 11.9 Å². The van der Waals surface area contributed by atoms with Crippen LogP contribution in [0.4, 0.5) is 5.69 Å². The molecule has 0 unspecified atom stereocenters. The number of carbonyl (C=O) groups excluding carboxylic acids is 3. The summed E-state index contributed by atoms with van der Waals surface area (Å²) in [5.74, 6) is -1.17. The Hall–Kier alpha value is -2.90. The van der Waals surface area contributed by atoms with Crippen molar-refractivity contribution in [2.45, 2.75) is 16.7 Å². The first-order chi connectivity index (χ1) is 13.5. The monoisotopic (exact) mass is 411 g/mol. The van der Waals surface area contributed by atoms with Crippen molar-refractivity contribution in [1.29, 1.82) is 0 Å². The molecular weight excluding hydrogens is 394 g/mol. The summed E-state index contributed by atoms with van der Waals surface area (Å²) in [4.78, 5) is 38.3. The van der Waals surface area contributed by atoms with E-state index in [1.54, 1.807) is 12.1 Å². The molecule has 3 rings (SSSR count). The highest BCUT2D eigenvalue weighted by Crippen LogP contribution is 2.33. The number of ketones is 1. The largest absolute Gasteiger partial charge is 0.451 e. The zero-order chi connectivity index (χ0) is 19.9. The molecule has 0 saturated carbocycles. The predicted octanol–water partition coefficient (Wildman–Crippen LogP) is 4.90. The average Bonchev–Trinajstić information content (AvgIpc) is 3.19. The van der Waals surface area contributed by atoms with Crippen LogP contribution in [0.25, 0.3) is 0 Å². The van der Waals surface area contributed by atoms with E-state index >= 15 is 0 Å². The lowest BCUT2D eigenvalue weighted by molar-refractivity contribution is -0.119. The summed E-state index contributed by atoms with van der Waals surface area (Å²) >= 11 is 2.58. The minimum Gasteiger partial charge on any atom is -0.451 e. The molecule has 142 valence electrons. The third-order valence-electron chi connectivity index (χ3n) is 3.62. The van der Waals surface area contributed by atoms with E-state index in [9.17, 15) is 14.4 Å². The lowest BCUT2D eigenvalue weighted by Crippen LogP contribution is -2.20. The Labute approximate surface area is 170 Å². The Morgan fingerprint density at radius 3 is 2.32 bits per heavy atom. The van der Waals surface area contributed by atoms with E-state index < -0.39 is 18.5 Å². The first-order valence-corrected chi connectivity index (χ1v) is 10.1. The van der Waals surface area contributed by atoms with Crippen LogP contribution in [0.15, 0.2) is 76.5 Å². The molecule has 0 aliphatic heterocycles. The highest BCUT2D eigenvalue weighted by molar-refractivity contribution is 7.99. The van der Waals surface area contributed by atoms with Gasteiger partial charge in [0, 0.05) is 9.79 Å². The van der Waals surface area contributed by atoms with Crippen LogP contribution in [0.1, 0.15) is 26.3 Å². The normalized spacial score (nSPS) is 10.3. The maximum absolute atomic E-state index is 12.2. The fourth-order valence-corrected chi connectivity index (χ4v) is 4.02. The quantitative estimate of drug-likeness (QED) is 0.442. The van der Waals surface area contributed by atoms with Crippen LogP contribution >= 0.6 is 23.1 Å². The number of amides is 1. The van der Waals surface area contributed by atoms with E-state index in [2.05, 4.69) is 5.32 Å². The highest BCUT2D eigenvalue weighted by atomic mass is 32.2. The van der Waals surface area contributed by atoms with E-state index in [0.29, 0.717) is 10.6 Å². The number of hydrogen-bond donors (Lipinski definition) is 1. The van der Waals surface area contributed by atoms with Gasteiger partial charge < -0.3 is 10.1 Å². The van der Waals surface area contributed by atoms with Gasteiger partial charge in [0.1, 0.15) is 4.88 Å². The van der Waals surface area contributed by atoms with Gasteiger partial charge in [-0.05, 0) is 43.3 Å². The fraction of sp³-hybridized carbons (Fsp3) is 0.0952. The number of rotatable bonds is 7. The van der Waals surface area contributed by atoms with Crippen LogP contribution in [0.2, 0.25) is 0 Å². The molecule has 0 bridgehead atoms. The molecule has 0 aliphatic carbocycles. The van der Waals surface area contributed by atoms with Gasteiger partial charge >= 0.3 is 5.97 Å². The Morgan fingerprint density at radius 1 is 0.929 bits per heavy atom. The number of anilines is 1. The molecule has 5 nitrogen and oxygen atoms in total. The van der Waals surface area contributed by atoms with Crippen molar-refractivity contribution in [3.8, 4) is 0 Å². The number of benzene rings is 2. The molecule has 2 aromatic carbocycles. The van der Waals surface area contributed by atoms with E-state index in [4.69, 9.17) is 4.74 Å². The molecule has 3 aromatic rings. The molecule has 7 heteroatoms. The van der Waals surface area contributed by atoms with Crippen molar-refractivity contribution < 1.29 is 19.1 Å². The molecule has 0 atom stereocenters. The Kier molecular flexibility index (Phi) is 6.62. The lowest BCUT2D eigenvalue weighted by atomic mass is 10.3. The number of hydrogen-bond acceptors (Lipinski definition) is 6. The summed E-state index contributed by atoms with van der Waals surface area (Å²) in [5, 5.41) is 2.77. The lowest BCUT2D eigenvalue weighted by Gasteiger charge is -2.11. The van der Waals surface area contributed by atoms with Crippen LogP contribution in [-0.4, -0.2) is 24.3 Å². The van der Waals surface area contributed by atoms with Crippen molar-refractivity contribution in [2.24, 2.45) is 0 Å². The maximum atomic E-state index is 12.2. The highest BCUT2D eigenvalue weighted by Gasteiger charge is 2.15. The van der Waals surface area contributed by atoms with Gasteiger partial charge in [0.25, 0.3) is 5.91 Å². The minimum absolute atomic E-state index is 0.116. The SMILES string of the molecule is CC(=O)c1ccc(C(=O)OCC(=O)Nc2ccccc2Sc2ccccc2)s1. The van der Waals surface area contributed by atoms with Gasteiger partial charge in [-0.2, -0.15) is 0 Å². The molecule has 28 heavy (non-hydrogen) atoms. The van der Waals surface area contributed by atoms with E-state index in [1.807, 2.05) is 48.5 Å². The molecule has 1 aromatic heterocycles. The van der Waals surface area contributed by atoms with Gasteiger partial charge in [-0.25, -0.2) is 4.79 Å². The number of Topliss-reactive ketones (excluding diaryl/α,β-unsaturated/α-hetero) is 1. The van der Waals surface area contributed by atoms with Gasteiger partial charge in [-0.3, -0.25) is 9.59 Å². The Balaban J connectivity index is 1.59. The van der Waals surface area contributed by atoms with Gasteiger partial charge in [-0.1, -0.05) is 42.1 Å².